The number of likely N-dealkylation sites (N-methyl/N-ethyl adjacent to an activating group) is 1. The van der Waals surface area contributed by atoms with Crippen molar-refractivity contribution in [2.24, 2.45) is 0 Å². The van der Waals surface area contributed by atoms with Crippen LogP contribution in [0.15, 0.2) is 60.7 Å². The summed E-state index contributed by atoms with van der Waals surface area (Å²) in [6.45, 7) is 3.86. The SMILES string of the molecule is Cc1cc(C(=O)N2CCN(C)C(c3ccccc3)C2)nn1-c1ccccc1F. The number of piperazine rings is 1. The maximum Gasteiger partial charge on any atom is 0.274 e. The summed E-state index contributed by atoms with van der Waals surface area (Å²) in [5.74, 6) is -0.483. The second-order valence-corrected chi connectivity index (χ2v) is 7.19. The van der Waals surface area contributed by atoms with Crippen molar-refractivity contribution >= 4 is 5.91 Å². The molecular weight excluding hydrogens is 355 g/mol. The van der Waals surface area contributed by atoms with E-state index in [1.165, 1.54) is 16.3 Å². The van der Waals surface area contributed by atoms with Gasteiger partial charge in [-0.3, -0.25) is 9.69 Å². The maximum atomic E-state index is 14.1. The van der Waals surface area contributed by atoms with E-state index in [1.807, 2.05) is 30.0 Å². The van der Waals surface area contributed by atoms with Gasteiger partial charge in [0.2, 0.25) is 0 Å². The van der Waals surface area contributed by atoms with Crippen molar-refractivity contribution in [2.45, 2.75) is 13.0 Å². The Balaban J connectivity index is 1.58. The Labute approximate surface area is 164 Å². The predicted molar refractivity (Wildman–Crippen MR) is 106 cm³/mol. The minimum atomic E-state index is -0.364. The molecule has 28 heavy (non-hydrogen) atoms. The summed E-state index contributed by atoms with van der Waals surface area (Å²) in [5, 5.41) is 4.40. The Hall–Kier alpha value is -2.99. The topological polar surface area (TPSA) is 41.4 Å². The lowest BCUT2D eigenvalue weighted by atomic mass is 10.0. The molecule has 5 nitrogen and oxygen atoms in total. The number of aromatic nitrogens is 2. The monoisotopic (exact) mass is 378 g/mol. The fourth-order valence-corrected chi connectivity index (χ4v) is 3.70. The molecule has 1 aromatic heterocycles. The summed E-state index contributed by atoms with van der Waals surface area (Å²) in [5.41, 5.74) is 2.61. The quantitative estimate of drug-likeness (QED) is 0.701. The minimum absolute atomic E-state index is 0.118. The van der Waals surface area contributed by atoms with E-state index in [0.717, 1.165) is 12.2 Å². The first-order chi connectivity index (χ1) is 13.5. The number of hydrogen-bond acceptors (Lipinski definition) is 3. The summed E-state index contributed by atoms with van der Waals surface area (Å²) in [4.78, 5) is 17.2. The summed E-state index contributed by atoms with van der Waals surface area (Å²) in [6.07, 6.45) is 0. The van der Waals surface area contributed by atoms with E-state index in [9.17, 15) is 9.18 Å². The normalized spacial score (nSPS) is 17.7. The fourth-order valence-electron chi connectivity index (χ4n) is 3.70. The molecule has 0 spiro atoms. The molecule has 3 aromatic rings. The van der Waals surface area contributed by atoms with E-state index in [0.29, 0.717) is 24.5 Å². The molecule has 2 heterocycles. The molecule has 0 bridgehead atoms. The van der Waals surface area contributed by atoms with Gasteiger partial charge >= 0.3 is 0 Å². The number of carbonyl (C=O) groups excluding carboxylic acids is 1. The molecule has 144 valence electrons. The van der Waals surface area contributed by atoms with Gasteiger partial charge in [-0.2, -0.15) is 5.10 Å². The lowest BCUT2D eigenvalue weighted by Gasteiger charge is -2.39. The molecule has 0 aliphatic carbocycles. The molecule has 1 amide bonds. The first-order valence-electron chi connectivity index (χ1n) is 9.40. The van der Waals surface area contributed by atoms with Gasteiger partial charge in [0.1, 0.15) is 11.5 Å². The molecule has 1 aliphatic heterocycles. The van der Waals surface area contributed by atoms with E-state index in [-0.39, 0.29) is 17.8 Å². The van der Waals surface area contributed by atoms with Crippen LogP contribution >= 0.6 is 0 Å². The number of amides is 1. The number of rotatable bonds is 3. The van der Waals surface area contributed by atoms with Crippen LogP contribution in [0.25, 0.3) is 5.69 Å². The van der Waals surface area contributed by atoms with Crippen molar-refractivity contribution in [1.82, 2.24) is 19.6 Å². The Morgan fingerprint density at radius 1 is 1.07 bits per heavy atom. The van der Waals surface area contributed by atoms with Gasteiger partial charge in [0.25, 0.3) is 5.91 Å². The molecule has 1 saturated heterocycles. The number of aryl methyl sites for hydroxylation is 1. The van der Waals surface area contributed by atoms with Crippen LogP contribution in [0, 0.1) is 12.7 Å². The number of hydrogen-bond donors (Lipinski definition) is 0. The number of halogens is 1. The number of carbonyl (C=O) groups is 1. The van der Waals surface area contributed by atoms with E-state index in [1.54, 1.807) is 24.3 Å². The zero-order valence-corrected chi connectivity index (χ0v) is 16.0. The summed E-state index contributed by atoms with van der Waals surface area (Å²) >= 11 is 0. The summed E-state index contributed by atoms with van der Waals surface area (Å²) in [7, 11) is 2.08. The first kappa shape index (κ1) is 18.4. The zero-order valence-electron chi connectivity index (χ0n) is 16.0. The molecule has 0 saturated carbocycles. The Morgan fingerprint density at radius 2 is 1.79 bits per heavy atom. The van der Waals surface area contributed by atoms with Crippen molar-refractivity contribution < 1.29 is 9.18 Å². The number of benzene rings is 2. The first-order valence-corrected chi connectivity index (χ1v) is 9.40. The molecule has 1 fully saturated rings. The molecule has 4 rings (SSSR count). The van der Waals surface area contributed by atoms with Crippen LogP contribution in [-0.4, -0.2) is 52.2 Å². The predicted octanol–water partition coefficient (Wildman–Crippen LogP) is 3.45. The van der Waals surface area contributed by atoms with Crippen molar-refractivity contribution in [2.75, 3.05) is 26.7 Å². The van der Waals surface area contributed by atoms with Crippen LogP contribution in [0.1, 0.15) is 27.8 Å². The number of para-hydroxylation sites is 1. The second kappa shape index (κ2) is 7.56. The third-order valence-electron chi connectivity index (χ3n) is 5.31. The van der Waals surface area contributed by atoms with Crippen LogP contribution in [0.4, 0.5) is 4.39 Å². The lowest BCUT2D eigenvalue weighted by Crippen LogP contribution is -2.49. The van der Waals surface area contributed by atoms with Gasteiger partial charge in [0, 0.05) is 25.3 Å². The summed E-state index contributed by atoms with van der Waals surface area (Å²) in [6, 6.07) is 18.5. The van der Waals surface area contributed by atoms with Gasteiger partial charge in [0.15, 0.2) is 5.69 Å². The highest BCUT2D eigenvalue weighted by Crippen LogP contribution is 2.25. The highest BCUT2D eigenvalue weighted by atomic mass is 19.1. The van der Waals surface area contributed by atoms with Gasteiger partial charge in [-0.25, -0.2) is 9.07 Å². The summed E-state index contributed by atoms with van der Waals surface area (Å²) < 4.78 is 15.6. The second-order valence-electron chi connectivity index (χ2n) is 7.19. The molecule has 1 atom stereocenters. The molecule has 1 unspecified atom stereocenters. The van der Waals surface area contributed by atoms with E-state index >= 15 is 0 Å². The average Bonchev–Trinajstić information content (AvgIpc) is 3.10. The van der Waals surface area contributed by atoms with E-state index < -0.39 is 0 Å². The van der Waals surface area contributed by atoms with Gasteiger partial charge in [-0.15, -0.1) is 0 Å². The molecule has 0 N–H and O–H groups in total. The molecular formula is C22H23FN4O. The van der Waals surface area contributed by atoms with Crippen molar-refractivity contribution in [3.8, 4) is 5.69 Å². The van der Waals surface area contributed by atoms with Crippen LogP contribution in [-0.2, 0) is 0 Å². The van der Waals surface area contributed by atoms with Gasteiger partial charge in [-0.1, -0.05) is 42.5 Å². The molecule has 6 heteroatoms. The highest BCUT2D eigenvalue weighted by molar-refractivity contribution is 5.92. The van der Waals surface area contributed by atoms with E-state index in [4.69, 9.17) is 0 Å². The van der Waals surface area contributed by atoms with Crippen LogP contribution < -0.4 is 0 Å². The third kappa shape index (κ3) is 3.43. The molecule has 0 radical (unpaired) electrons. The van der Waals surface area contributed by atoms with Crippen LogP contribution in [0.2, 0.25) is 0 Å². The molecule has 2 aromatic carbocycles. The Morgan fingerprint density at radius 3 is 2.54 bits per heavy atom. The molecule has 1 aliphatic rings. The van der Waals surface area contributed by atoms with Crippen molar-refractivity contribution in [1.29, 1.82) is 0 Å². The van der Waals surface area contributed by atoms with Gasteiger partial charge in [-0.05, 0) is 37.7 Å². The third-order valence-corrected chi connectivity index (χ3v) is 5.31. The van der Waals surface area contributed by atoms with Gasteiger partial charge in [0.05, 0.1) is 6.04 Å². The van der Waals surface area contributed by atoms with Gasteiger partial charge < -0.3 is 4.90 Å². The average molecular weight is 378 g/mol. The Kier molecular flexibility index (Phi) is 4.96. The van der Waals surface area contributed by atoms with Crippen molar-refractivity contribution in [3.05, 3.63) is 83.4 Å². The standard InChI is InChI=1S/C22H23FN4O/c1-16-14-19(24-27(16)20-11-7-6-10-18(20)23)22(28)26-13-12-25(2)21(15-26)17-8-4-3-5-9-17/h3-11,14,21H,12-13,15H2,1-2H3. The Bertz CT molecular complexity index is 985. The van der Waals surface area contributed by atoms with E-state index in [2.05, 4.69) is 29.2 Å². The fraction of sp³-hybridized carbons (Fsp3) is 0.273. The maximum absolute atomic E-state index is 14.1. The largest absolute Gasteiger partial charge is 0.334 e. The van der Waals surface area contributed by atoms with Crippen LogP contribution in [0.5, 0.6) is 0 Å². The van der Waals surface area contributed by atoms with Crippen LogP contribution in [0.3, 0.4) is 0 Å². The zero-order chi connectivity index (χ0) is 19.7. The lowest BCUT2D eigenvalue weighted by molar-refractivity contribution is 0.0540. The van der Waals surface area contributed by atoms with Crippen molar-refractivity contribution in [3.63, 3.8) is 0 Å². The smallest absolute Gasteiger partial charge is 0.274 e. The number of nitrogens with zero attached hydrogens (tertiary/aromatic N) is 4. The minimum Gasteiger partial charge on any atom is -0.334 e. The highest BCUT2D eigenvalue weighted by Gasteiger charge is 2.30.